The summed E-state index contributed by atoms with van der Waals surface area (Å²) in [4.78, 5) is 34.8. The minimum atomic E-state index is -0.380. The van der Waals surface area contributed by atoms with Crippen LogP contribution in [0.3, 0.4) is 0 Å². The van der Waals surface area contributed by atoms with Crippen molar-refractivity contribution in [2.75, 3.05) is 18.0 Å². The van der Waals surface area contributed by atoms with Gasteiger partial charge in [-0.3, -0.25) is 14.9 Å². The fourth-order valence-corrected chi connectivity index (χ4v) is 6.17. The topological polar surface area (TPSA) is 87.2 Å². The van der Waals surface area contributed by atoms with E-state index in [1.807, 2.05) is 12.1 Å². The van der Waals surface area contributed by atoms with Crippen molar-refractivity contribution in [3.8, 4) is 0 Å². The number of hydrogen-bond donors (Lipinski definition) is 2. The monoisotopic (exact) mass is 503 g/mol. The van der Waals surface area contributed by atoms with Crippen molar-refractivity contribution >= 4 is 45.7 Å². The van der Waals surface area contributed by atoms with Gasteiger partial charge in [-0.25, -0.2) is 14.4 Å². The van der Waals surface area contributed by atoms with Crippen molar-refractivity contribution in [1.29, 1.82) is 0 Å². The van der Waals surface area contributed by atoms with Crippen LogP contribution in [0.25, 0.3) is 16.8 Å². The van der Waals surface area contributed by atoms with E-state index < -0.39 is 0 Å². The van der Waals surface area contributed by atoms with Crippen LogP contribution in [0, 0.1) is 11.2 Å². The van der Waals surface area contributed by atoms with Crippen LogP contribution in [-0.2, 0) is 11.3 Å². The van der Waals surface area contributed by atoms with Crippen LogP contribution in [0.5, 0.6) is 0 Å². The molecule has 3 aromatic rings. The first kappa shape index (κ1) is 23.1. The Hall–Kier alpha value is -3.30. The maximum atomic E-state index is 13.4. The highest BCUT2D eigenvalue weighted by Crippen LogP contribution is 2.49. The molecule has 36 heavy (non-hydrogen) atoms. The lowest BCUT2D eigenvalue weighted by Crippen LogP contribution is -2.53. The number of carbonyl (C=O) groups is 2. The molecule has 2 aliphatic heterocycles. The molecule has 2 aromatic carbocycles. The number of nitrogens with zero attached hydrogens (tertiary/aromatic N) is 3. The molecule has 0 atom stereocenters. The summed E-state index contributed by atoms with van der Waals surface area (Å²) in [6.45, 7) is 2.63. The Morgan fingerprint density at radius 3 is 2.67 bits per heavy atom. The summed E-state index contributed by atoms with van der Waals surface area (Å²) in [7, 11) is 0. The molecule has 0 unspecified atom stereocenters. The molecule has 1 aromatic heterocycles. The third-order valence-corrected chi connectivity index (χ3v) is 8.32. The molecule has 0 radical (unpaired) electrons. The minimum absolute atomic E-state index is 0.203. The van der Waals surface area contributed by atoms with Crippen molar-refractivity contribution in [3.63, 3.8) is 0 Å². The zero-order valence-electron chi connectivity index (χ0n) is 19.7. The second kappa shape index (κ2) is 9.29. The van der Waals surface area contributed by atoms with Crippen LogP contribution in [0.1, 0.15) is 36.9 Å². The Morgan fingerprint density at radius 2 is 1.89 bits per heavy atom. The molecule has 184 valence electrons. The lowest BCUT2D eigenvalue weighted by atomic mass is 9.60. The van der Waals surface area contributed by atoms with E-state index in [1.165, 1.54) is 24.5 Å². The van der Waals surface area contributed by atoms with E-state index in [0.29, 0.717) is 28.0 Å². The number of hydrogen-bond acceptors (Lipinski definition) is 7. The fraction of sp³-hybridized carbons (Fsp3) is 0.333. The van der Waals surface area contributed by atoms with E-state index in [1.54, 1.807) is 24.4 Å². The van der Waals surface area contributed by atoms with Crippen LogP contribution < -0.4 is 15.5 Å². The van der Waals surface area contributed by atoms with Crippen molar-refractivity contribution in [1.82, 2.24) is 20.6 Å². The zero-order valence-corrected chi connectivity index (χ0v) is 20.5. The second-order valence-corrected chi connectivity index (χ2v) is 10.9. The predicted molar refractivity (Wildman–Crippen MR) is 139 cm³/mol. The van der Waals surface area contributed by atoms with E-state index in [4.69, 9.17) is 0 Å². The minimum Gasteiger partial charge on any atom is -0.341 e. The second-order valence-electron chi connectivity index (χ2n) is 9.93. The van der Waals surface area contributed by atoms with Gasteiger partial charge in [0.25, 0.3) is 11.1 Å². The normalized spacial score (nSPS) is 20.8. The van der Waals surface area contributed by atoms with Gasteiger partial charge < -0.3 is 10.2 Å². The molecule has 6 rings (SSSR count). The molecule has 3 heterocycles. The highest BCUT2D eigenvalue weighted by atomic mass is 32.2. The summed E-state index contributed by atoms with van der Waals surface area (Å²) in [6.07, 6.45) is 7.89. The van der Waals surface area contributed by atoms with E-state index in [-0.39, 0.29) is 17.0 Å². The van der Waals surface area contributed by atoms with Crippen molar-refractivity contribution in [2.24, 2.45) is 5.41 Å². The molecule has 1 aliphatic carbocycles. The Labute approximate surface area is 212 Å². The SMILES string of the molecule is O=C1NC(=O)/C(=C/c2ccnc(N3CCC4(CC3)CC(NCc3ccc5cc(F)ccc5c3)C4)n2)S1. The number of piperidine rings is 1. The molecule has 7 nitrogen and oxygen atoms in total. The number of amides is 2. The van der Waals surface area contributed by atoms with Crippen LogP contribution in [0.4, 0.5) is 15.1 Å². The number of halogens is 1. The van der Waals surface area contributed by atoms with Crippen molar-refractivity contribution in [3.05, 3.63) is 70.6 Å². The molecule has 0 bridgehead atoms. The van der Waals surface area contributed by atoms with Gasteiger partial charge in [0, 0.05) is 31.9 Å². The number of rotatable bonds is 5. The average Bonchev–Trinajstić information content (AvgIpc) is 3.18. The van der Waals surface area contributed by atoms with Crippen LogP contribution in [0.15, 0.2) is 53.6 Å². The lowest BCUT2D eigenvalue weighted by Gasteiger charge is -2.52. The van der Waals surface area contributed by atoms with Crippen LogP contribution >= 0.6 is 11.8 Å². The fourth-order valence-electron chi connectivity index (χ4n) is 5.51. The largest absolute Gasteiger partial charge is 0.341 e. The number of fused-ring (bicyclic) bond motifs is 1. The zero-order chi connectivity index (χ0) is 24.7. The summed E-state index contributed by atoms with van der Waals surface area (Å²) in [5.41, 5.74) is 2.22. The Bertz CT molecular complexity index is 1380. The number of benzene rings is 2. The Kier molecular flexibility index (Phi) is 5.97. The van der Waals surface area contributed by atoms with Gasteiger partial charge in [-0.15, -0.1) is 0 Å². The number of carbonyl (C=O) groups excluding carboxylic acids is 2. The van der Waals surface area contributed by atoms with Crippen molar-refractivity contribution in [2.45, 2.75) is 38.3 Å². The van der Waals surface area contributed by atoms with Gasteiger partial charge in [0.05, 0.1) is 10.6 Å². The summed E-state index contributed by atoms with van der Waals surface area (Å²) in [5.74, 6) is 0.0824. The van der Waals surface area contributed by atoms with Gasteiger partial charge in [-0.05, 0) is 89.5 Å². The maximum Gasteiger partial charge on any atom is 0.290 e. The Morgan fingerprint density at radius 1 is 1.11 bits per heavy atom. The molecule has 3 aliphatic rings. The van der Waals surface area contributed by atoms with E-state index in [2.05, 4.69) is 37.6 Å². The molecule has 1 spiro atoms. The maximum absolute atomic E-state index is 13.4. The molecule has 9 heteroatoms. The third kappa shape index (κ3) is 4.73. The van der Waals surface area contributed by atoms with E-state index in [0.717, 1.165) is 55.0 Å². The predicted octanol–water partition coefficient (Wildman–Crippen LogP) is 4.63. The molecule has 1 saturated carbocycles. The number of nitrogens with one attached hydrogen (secondary N) is 2. The standard InChI is InChI=1S/C27H26FN5O2S/c28-20-4-3-18-11-17(1-2-19(18)12-20)16-30-22-14-27(15-22)6-9-33(10-7-27)25-29-8-5-21(31-25)13-23-24(34)32-26(35)36-23/h1-5,8,11-13,22,30H,6-7,9-10,14-16H2,(H,32,34,35)/b23-13-. The molecule has 3 fully saturated rings. The molecule has 2 saturated heterocycles. The number of imide groups is 1. The summed E-state index contributed by atoms with van der Waals surface area (Å²) >= 11 is 0.892. The first-order valence-corrected chi connectivity index (χ1v) is 13.0. The van der Waals surface area contributed by atoms with Gasteiger partial charge in [0.15, 0.2) is 0 Å². The average molecular weight is 504 g/mol. The highest BCUT2D eigenvalue weighted by Gasteiger charge is 2.45. The van der Waals surface area contributed by atoms with Gasteiger partial charge in [-0.1, -0.05) is 18.2 Å². The number of aromatic nitrogens is 2. The van der Waals surface area contributed by atoms with E-state index >= 15 is 0 Å². The quantitative estimate of drug-likeness (QED) is 0.491. The van der Waals surface area contributed by atoms with Gasteiger partial charge in [0.1, 0.15) is 5.82 Å². The van der Waals surface area contributed by atoms with Crippen LogP contribution in [0.2, 0.25) is 0 Å². The van der Waals surface area contributed by atoms with Gasteiger partial charge in [-0.2, -0.15) is 0 Å². The molecular weight excluding hydrogens is 477 g/mol. The first-order chi connectivity index (χ1) is 17.4. The third-order valence-electron chi connectivity index (χ3n) is 7.51. The van der Waals surface area contributed by atoms with Gasteiger partial charge in [0.2, 0.25) is 5.95 Å². The van der Waals surface area contributed by atoms with E-state index in [9.17, 15) is 14.0 Å². The van der Waals surface area contributed by atoms with Gasteiger partial charge >= 0.3 is 0 Å². The van der Waals surface area contributed by atoms with Crippen LogP contribution in [-0.4, -0.2) is 40.2 Å². The highest BCUT2D eigenvalue weighted by molar-refractivity contribution is 8.18. The molecular formula is C27H26FN5O2S. The molecule has 2 N–H and O–H groups in total. The molecule has 2 amide bonds. The summed E-state index contributed by atoms with van der Waals surface area (Å²) in [5, 5.41) is 7.59. The van der Waals surface area contributed by atoms with Crippen molar-refractivity contribution < 1.29 is 14.0 Å². The summed E-state index contributed by atoms with van der Waals surface area (Å²) in [6, 6.07) is 13.4. The smallest absolute Gasteiger partial charge is 0.290 e. The lowest BCUT2D eigenvalue weighted by molar-refractivity contribution is -0.115. The summed E-state index contributed by atoms with van der Waals surface area (Å²) < 4.78 is 13.4. The Balaban J connectivity index is 1.01. The number of thioether (sulfide) groups is 1. The number of anilines is 1. The first-order valence-electron chi connectivity index (χ1n) is 12.2.